The van der Waals surface area contributed by atoms with Gasteiger partial charge in [0.1, 0.15) is 4.90 Å². The summed E-state index contributed by atoms with van der Waals surface area (Å²) in [5.41, 5.74) is -0.311. The summed E-state index contributed by atoms with van der Waals surface area (Å²) >= 11 is 0. The number of nitrogens with one attached hydrogen (secondary N) is 1. The molecule has 1 heterocycles. The number of nitrogens with zero attached hydrogens (tertiary/aromatic N) is 1. The van der Waals surface area contributed by atoms with Gasteiger partial charge < -0.3 is 5.11 Å². The van der Waals surface area contributed by atoms with Gasteiger partial charge in [0.05, 0.1) is 0 Å². The minimum Gasteiger partial charge on any atom is -0.396 e. The number of halogens is 1. The molecule has 1 rings (SSSR count). The number of rotatable bonds is 7. The molecule has 1 aromatic rings. The topological polar surface area (TPSA) is 79.3 Å². The first-order valence-corrected chi connectivity index (χ1v) is 7.48. The van der Waals surface area contributed by atoms with Crippen LogP contribution in [0.1, 0.15) is 26.7 Å². The monoisotopic (exact) mass is 290 g/mol. The van der Waals surface area contributed by atoms with Crippen molar-refractivity contribution in [3.8, 4) is 0 Å². The third-order valence-electron chi connectivity index (χ3n) is 2.77. The van der Waals surface area contributed by atoms with Crippen molar-refractivity contribution < 1.29 is 17.9 Å². The Hall–Kier alpha value is -1.05. The van der Waals surface area contributed by atoms with E-state index in [1.165, 1.54) is 18.3 Å². The molecule has 108 valence electrons. The van der Waals surface area contributed by atoms with Crippen LogP contribution >= 0.6 is 0 Å². The molecule has 0 aliphatic rings. The molecular formula is C12H19FN2O3S. The summed E-state index contributed by atoms with van der Waals surface area (Å²) in [5, 5.41) is 8.78. The molecule has 1 aromatic heterocycles. The zero-order valence-corrected chi connectivity index (χ0v) is 11.9. The van der Waals surface area contributed by atoms with Crippen LogP contribution in [0, 0.1) is 11.4 Å². The molecule has 7 heteroatoms. The van der Waals surface area contributed by atoms with Crippen LogP contribution in [-0.2, 0) is 10.0 Å². The van der Waals surface area contributed by atoms with Gasteiger partial charge in [-0.1, -0.05) is 13.8 Å². The van der Waals surface area contributed by atoms with Crippen LogP contribution < -0.4 is 4.72 Å². The summed E-state index contributed by atoms with van der Waals surface area (Å²) in [6, 6.07) is 2.54. The molecular weight excluding hydrogens is 271 g/mol. The fourth-order valence-corrected chi connectivity index (χ4v) is 2.85. The molecule has 0 aromatic carbocycles. The van der Waals surface area contributed by atoms with Crippen molar-refractivity contribution >= 4 is 10.0 Å². The Labute approximate surface area is 112 Å². The Kier molecular flexibility index (Phi) is 5.39. The van der Waals surface area contributed by atoms with Crippen LogP contribution in [0.3, 0.4) is 0 Å². The van der Waals surface area contributed by atoms with E-state index in [1.807, 2.05) is 13.8 Å². The van der Waals surface area contributed by atoms with E-state index in [-0.39, 0.29) is 18.6 Å². The molecule has 0 saturated carbocycles. The third kappa shape index (κ3) is 4.85. The van der Waals surface area contributed by atoms with Crippen molar-refractivity contribution in [1.29, 1.82) is 0 Å². The van der Waals surface area contributed by atoms with Crippen LogP contribution in [0.15, 0.2) is 23.2 Å². The summed E-state index contributed by atoms with van der Waals surface area (Å²) in [5.74, 6) is -1.01. The highest BCUT2D eigenvalue weighted by molar-refractivity contribution is 7.89. The van der Waals surface area contributed by atoms with E-state index in [2.05, 4.69) is 9.71 Å². The fraction of sp³-hybridized carbons (Fsp3) is 0.583. The SMILES string of the molecule is CC(C)(CCCO)CNS(=O)(=O)c1cccnc1F. The van der Waals surface area contributed by atoms with E-state index < -0.39 is 20.9 Å². The molecule has 2 N–H and O–H groups in total. The highest BCUT2D eigenvalue weighted by atomic mass is 32.2. The first-order valence-electron chi connectivity index (χ1n) is 5.99. The maximum atomic E-state index is 13.3. The van der Waals surface area contributed by atoms with Gasteiger partial charge in [-0.2, -0.15) is 4.39 Å². The lowest BCUT2D eigenvalue weighted by Crippen LogP contribution is -2.34. The minimum atomic E-state index is -3.90. The second-order valence-electron chi connectivity index (χ2n) is 5.11. The van der Waals surface area contributed by atoms with Crippen LogP contribution in [0.2, 0.25) is 0 Å². The molecule has 0 aliphatic carbocycles. The van der Waals surface area contributed by atoms with Gasteiger partial charge in [-0.05, 0) is 30.4 Å². The van der Waals surface area contributed by atoms with E-state index in [0.29, 0.717) is 12.8 Å². The van der Waals surface area contributed by atoms with E-state index in [0.717, 1.165) is 0 Å². The highest BCUT2D eigenvalue weighted by Crippen LogP contribution is 2.22. The zero-order valence-electron chi connectivity index (χ0n) is 11.1. The van der Waals surface area contributed by atoms with Gasteiger partial charge >= 0.3 is 0 Å². The lowest BCUT2D eigenvalue weighted by atomic mass is 9.88. The van der Waals surface area contributed by atoms with Crippen LogP contribution in [0.5, 0.6) is 0 Å². The summed E-state index contributed by atoms with van der Waals surface area (Å²) in [6.07, 6.45) is 2.46. The number of aliphatic hydroxyl groups is 1. The average molecular weight is 290 g/mol. The maximum absolute atomic E-state index is 13.3. The first-order chi connectivity index (χ1) is 8.78. The molecule has 0 radical (unpaired) electrons. The van der Waals surface area contributed by atoms with Crippen LogP contribution in [0.4, 0.5) is 4.39 Å². The largest absolute Gasteiger partial charge is 0.396 e. The lowest BCUT2D eigenvalue weighted by molar-refractivity contribution is 0.242. The number of aromatic nitrogens is 1. The summed E-state index contributed by atoms with van der Waals surface area (Å²) in [7, 11) is -3.90. The summed E-state index contributed by atoms with van der Waals surface area (Å²) < 4.78 is 39.6. The van der Waals surface area contributed by atoms with E-state index in [1.54, 1.807) is 0 Å². The molecule has 0 atom stereocenters. The standard InChI is InChI=1S/C12H19FN2O3S/c1-12(2,6-4-8-16)9-15-19(17,18)10-5-3-7-14-11(10)13/h3,5,7,15-16H,4,6,8-9H2,1-2H3. The van der Waals surface area contributed by atoms with Crippen molar-refractivity contribution in [2.45, 2.75) is 31.6 Å². The Morgan fingerprint density at radius 1 is 1.47 bits per heavy atom. The van der Waals surface area contributed by atoms with E-state index in [9.17, 15) is 12.8 Å². The van der Waals surface area contributed by atoms with Crippen molar-refractivity contribution in [2.75, 3.05) is 13.2 Å². The molecule has 0 amide bonds. The Morgan fingerprint density at radius 2 is 2.16 bits per heavy atom. The normalized spacial score (nSPS) is 12.6. The average Bonchev–Trinajstić information content (AvgIpc) is 2.35. The fourth-order valence-electron chi connectivity index (χ4n) is 1.59. The second-order valence-corrected chi connectivity index (χ2v) is 6.84. The Bertz CT molecular complexity index is 517. The lowest BCUT2D eigenvalue weighted by Gasteiger charge is -2.24. The highest BCUT2D eigenvalue weighted by Gasteiger charge is 2.24. The predicted octanol–water partition coefficient (Wildman–Crippen LogP) is 1.30. The predicted molar refractivity (Wildman–Crippen MR) is 69.5 cm³/mol. The molecule has 0 spiro atoms. The number of aliphatic hydroxyl groups excluding tert-OH is 1. The molecule has 0 unspecified atom stereocenters. The van der Waals surface area contributed by atoms with Crippen LogP contribution in [0.25, 0.3) is 0 Å². The van der Waals surface area contributed by atoms with Gasteiger partial charge in [0.25, 0.3) is 0 Å². The van der Waals surface area contributed by atoms with Gasteiger partial charge in [0.2, 0.25) is 16.0 Å². The number of hydrogen-bond acceptors (Lipinski definition) is 4. The molecule has 19 heavy (non-hydrogen) atoms. The summed E-state index contributed by atoms with van der Waals surface area (Å²) in [4.78, 5) is 2.87. The van der Waals surface area contributed by atoms with Gasteiger partial charge in [0, 0.05) is 19.3 Å². The maximum Gasteiger partial charge on any atom is 0.245 e. The molecule has 0 saturated heterocycles. The Morgan fingerprint density at radius 3 is 2.74 bits per heavy atom. The quantitative estimate of drug-likeness (QED) is 0.742. The molecule has 0 bridgehead atoms. The summed E-state index contributed by atoms with van der Waals surface area (Å²) in [6.45, 7) is 3.99. The smallest absolute Gasteiger partial charge is 0.245 e. The van der Waals surface area contributed by atoms with Crippen molar-refractivity contribution in [2.24, 2.45) is 5.41 Å². The first kappa shape index (κ1) is 16.0. The Balaban J connectivity index is 2.74. The van der Waals surface area contributed by atoms with E-state index >= 15 is 0 Å². The number of hydrogen-bond donors (Lipinski definition) is 2. The second kappa shape index (κ2) is 6.40. The van der Waals surface area contributed by atoms with Gasteiger partial charge in [-0.15, -0.1) is 0 Å². The van der Waals surface area contributed by atoms with Gasteiger partial charge in [0.15, 0.2) is 0 Å². The van der Waals surface area contributed by atoms with Crippen molar-refractivity contribution in [3.05, 3.63) is 24.3 Å². The zero-order chi connectivity index (χ0) is 14.5. The van der Waals surface area contributed by atoms with Crippen LogP contribution in [-0.4, -0.2) is 31.7 Å². The molecule has 0 fully saturated rings. The van der Waals surface area contributed by atoms with Crippen molar-refractivity contribution in [3.63, 3.8) is 0 Å². The van der Waals surface area contributed by atoms with Crippen molar-refractivity contribution in [1.82, 2.24) is 9.71 Å². The van der Waals surface area contributed by atoms with Gasteiger partial charge in [-0.3, -0.25) is 0 Å². The van der Waals surface area contributed by atoms with E-state index in [4.69, 9.17) is 5.11 Å². The van der Waals surface area contributed by atoms with Gasteiger partial charge in [-0.25, -0.2) is 18.1 Å². The number of pyridine rings is 1. The molecule has 0 aliphatic heterocycles. The third-order valence-corrected chi connectivity index (χ3v) is 4.17. The number of sulfonamides is 1. The minimum absolute atomic E-state index is 0.0629. The molecule has 5 nitrogen and oxygen atoms in total.